The number of hydrogen-bond acceptors (Lipinski definition) is 4. The highest BCUT2D eigenvalue weighted by atomic mass is 32.2. The van der Waals surface area contributed by atoms with Gasteiger partial charge in [0.1, 0.15) is 6.04 Å². The summed E-state index contributed by atoms with van der Waals surface area (Å²) in [7, 11) is 0. The van der Waals surface area contributed by atoms with E-state index in [9.17, 15) is 4.79 Å². The van der Waals surface area contributed by atoms with E-state index in [0.29, 0.717) is 19.8 Å². The van der Waals surface area contributed by atoms with Crippen LogP contribution in [-0.2, 0) is 9.53 Å². The highest BCUT2D eigenvalue weighted by molar-refractivity contribution is 7.99. The number of nitrogens with one attached hydrogen (secondary N) is 1. The van der Waals surface area contributed by atoms with Crippen LogP contribution < -0.4 is 5.32 Å². The molecule has 1 aromatic rings. The van der Waals surface area contributed by atoms with Crippen LogP contribution in [0.2, 0.25) is 0 Å². The molecular weight excluding hydrogens is 272 g/mol. The van der Waals surface area contributed by atoms with Gasteiger partial charge in [-0.1, -0.05) is 18.2 Å². The monoisotopic (exact) mass is 294 g/mol. The van der Waals surface area contributed by atoms with Gasteiger partial charge in [0.05, 0.1) is 13.2 Å². The third kappa shape index (κ3) is 4.51. The average Bonchev–Trinajstić information content (AvgIpc) is 2.49. The average molecular weight is 294 g/mol. The summed E-state index contributed by atoms with van der Waals surface area (Å²) in [6, 6.07) is 10.2. The maximum atomic E-state index is 12.0. The molecule has 1 aliphatic heterocycles. The molecule has 0 aromatic heterocycles. The first-order valence-corrected chi connectivity index (χ1v) is 8.07. The van der Waals surface area contributed by atoms with Crippen molar-refractivity contribution >= 4 is 17.7 Å². The van der Waals surface area contributed by atoms with Crippen molar-refractivity contribution in [2.45, 2.75) is 17.9 Å². The van der Waals surface area contributed by atoms with Crippen molar-refractivity contribution in [2.75, 3.05) is 38.6 Å². The Morgan fingerprint density at radius 3 is 3.00 bits per heavy atom. The van der Waals surface area contributed by atoms with Crippen LogP contribution in [0.25, 0.3) is 0 Å². The lowest BCUT2D eigenvalue weighted by Gasteiger charge is -2.34. The van der Waals surface area contributed by atoms with Gasteiger partial charge in [0.25, 0.3) is 0 Å². The number of carbonyl (C=O) groups is 1. The van der Waals surface area contributed by atoms with Crippen molar-refractivity contribution < 1.29 is 9.53 Å². The number of benzene rings is 1. The Balaban J connectivity index is 1.81. The zero-order chi connectivity index (χ0) is 14.2. The van der Waals surface area contributed by atoms with Crippen molar-refractivity contribution in [3.05, 3.63) is 30.3 Å². The fourth-order valence-corrected chi connectivity index (χ4v) is 3.15. The SMILES string of the molecule is CCNC(=O)C1COCCN1CCSc1ccccc1. The van der Waals surface area contributed by atoms with Crippen molar-refractivity contribution in [2.24, 2.45) is 0 Å². The number of nitrogens with zero attached hydrogens (tertiary/aromatic N) is 1. The van der Waals surface area contributed by atoms with E-state index in [1.165, 1.54) is 4.90 Å². The lowest BCUT2D eigenvalue weighted by molar-refractivity contribution is -0.132. The second-order valence-corrected chi connectivity index (χ2v) is 5.85. The summed E-state index contributed by atoms with van der Waals surface area (Å²) >= 11 is 1.83. The van der Waals surface area contributed by atoms with E-state index in [4.69, 9.17) is 4.74 Å². The minimum atomic E-state index is -0.139. The van der Waals surface area contributed by atoms with Gasteiger partial charge >= 0.3 is 0 Å². The smallest absolute Gasteiger partial charge is 0.239 e. The van der Waals surface area contributed by atoms with Gasteiger partial charge < -0.3 is 10.1 Å². The predicted octanol–water partition coefficient (Wildman–Crippen LogP) is 1.62. The summed E-state index contributed by atoms with van der Waals surface area (Å²) in [4.78, 5) is 15.5. The van der Waals surface area contributed by atoms with Crippen LogP contribution in [0.4, 0.5) is 0 Å². The Morgan fingerprint density at radius 1 is 1.45 bits per heavy atom. The Labute approximate surface area is 124 Å². The molecule has 0 aliphatic carbocycles. The summed E-state index contributed by atoms with van der Waals surface area (Å²) in [6.07, 6.45) is 0. The van der Waals surface area contributed by atoms with Gasteiger partial charge in [-0.2, -0.15) is 0 Å². The number of rotatable bonds is 6. The molecule has 1 aliphatic rings. The quantitative estimate of drug-likeness (QED) is 0.810. The van der Waals surface area contributed by atoms with Crippen LogP contribution in [-0.4, -0.2) is 55.4 Å². The molecule has 1 saturated heterocycles. The molecule has 1 fully saturated rings. The highest BCUT2D eigenvalue weighted by Gasteiger charge is 2.28. The van der Waals surface area contributed by atoms with Gasteiger partial charge in [0, 0.05) is 30.3 Å². The van der Waals surface area contributed by atoms with Gasteiger partial charge in [0.2, 0.25) is 5.91 Å². The number of hydrogen-bond donors (Lipinski definition) is 1. The Morgan fingerprint density at radius 2 is 2.25 bits per heavy atom. The maximum Gasteiger partial charge on any atom is 0.239 e. The molecule has 1 heterocycles. The molecule has 110 valence electrons. The number of morpholine rings is 1. The van der Waals surface area contributed by atoms with Gasteiger partial charge in [-0.05, 0) is 19.1 Å². The second kappa shape index (κ2) is 8.29. The van der Waals surface area contributed by atoms with E-state index in [1.807, 2.05) is 24.8 Å². The molecule has 20 heavy (non-hydrogen) atoms. The summed E-state index contributed by atoms with van der Waals surface area (Å²) in [5.41, 5.74) is 0. The molecule has 1 aromatic carbocycles. The summed E-state index contributed by atoms with van der Waals surface area (Å²) < 4.78 is 5.44. The zero-order valence-corrected chi connectivity index (χ0v) is 12.7. The second-order valence-electron chi connectivity index (χ2n) is 4.68. The molecule has 2 rings (SSSR count). The molecule has 1 unspecified atom stereocenters. The molecule has 0 radical (unpaired) electrons. The van der Waals surface area contributed by atoms with E-state index < -0.39 is 0 Å². The number of ether oxygens (including phenoxy) is 1. The summed E-state index contributed by atoms with van der Waals surface area (Å²) in [6.45, 7) is 5.56. The Hall–Kier alpha value is -1.04. The normalized spacial score (nSPS) is 19.8. The first-order valence-electron chi connectivity index (χ1n) is 7.08. The van der Waals surface area contributed by atoms with Gasteiger partial charge in [-0.25, -0.2) is 0 Å². The molecule has 1 amide bonds. The van der Waals surface area contributed by atoms with Gasteiger partial charge in [-0.15, -0.1) is 11.8 Å². The fraction of sp³-hybridized carbons (Fsp3) is 0.533. The van der Waals surface area contributed by atoms with Crippen LogP contribution >= 0.6 is 11.8 Å². The zero-order valence-electron chi connectivity index (χ0n) is 11.9. The van der Waals surface area contributed by atoms with Gasteiger partial charge in [0.15, 0.2) is 0 Å². The van der Waals surface area contributed by atoms with Crippen LogP contribution in [0, 0.1) is 0 Å². The van der Waals surface area contributed by atoms with Crippen LogP contribution in [0.5, 0.6) is 0 Å². The third-order valence-corrected chi connectivity index (χ3v) is 4.28. The molecule has 5 heteroatoms. The minimum Gasteiger partial charge on any atom is -0.378 e. The number of thioether (sulfide) groups is 1. The Kier molecular flexibility index (Phi) is 6.36. The molecule has 1 N–H and O–H groups in total. The molecule has 4 nitrogen and oxygen atoms in total. The largest absolute Gasteiger partial charge is 0.378 e. The molecular formula is C15H22N2O2S. The van der Waals surface area contributed by atoms with E-state index in [0.717, 1.165) is 18.8 Å². The van der Waals surface area contributed by atoms with Crippen LogP contribution in [0.3, 0.4) is 0 Å². The van der Waals surface area contributed by atoms with Crippen molar-refractivity contribution in [3.63, 3.8) is 0 Å². The maximum absolute atomic E-state index is 12.0. The van der Waals surface area contributed by atoms with E-state index in [2.05, 4.69) is 34.5 Å². The number of carbonyl (C=O) groups excluding carboxylic acids is 1. The standard InChI is InChI=1S/C15H22N2O2S/c1-2-16-15(18)14-12-19-10-8-17(14)9-11-20-13-6-4-3-5-7-13/h3-7,14H,2,8-12H2,1H3,(H,16,18). The first-order chi connectivity index (χ1) is 9.81. The Bertz CT molecular complexity index is 414. The highest BCUT2D eigenvalue weighted by Crippen LogP contribution is 2.18. The van der Waals surface area contributed by atoms with Crippen LogP contribution in [0.15, 0.2) is 35.2 Å². The number of amides is 1. The van der Waals surface area contributed by atoms with E-state index in [-0.39, 0.29) is 11.9 Å². The van der Waals surface area contributed by atoms with Gasteiger partial charge in [-0.3, -0.25) is 9.69 Å². The topological polar surface area (TPSA) is 41.6 Å². The lowest BCUT2D eigenvalue weighted by atomic mass is 10.2. The predicted molar refractivity (Wildman–Crippen MR) is 82.0 cm³/mol. The molecule has 0 saturated carbocycles. The van der Waals surface area contributed by atoms with E-state index in [1.54, 1.807) is 0 Å². The van der Waals surface area contributed by atoms with Crippen LogP contribution in [0.1, 0.15) is 6.92 Å². The minimum absolute atomic E-state index is 0.0805. The fourth-order valence-electron chi connectivity index (χ4n) is 2.24. The van der Waals surface area contributed by atoms with Crippen molar-refractivity contribution in [1.29, 1.82) is 0 Å². The third-order valence-electron chi connectivity index (χ3n) is 3.28. The summed E-state index contributed by atoms with van der Waals surface area (Å²) in [5.74, 6) is 1.07. The molecule has 0 spiro atoms. The molecule has 0 bridgehead atoms. The molecule has 1 atom stereocenters. The lowest BCUT2D eigenvalue weighted by Crippen LogP contribution is -2.54. The first kappa shape index (κ1) is 15.4. The van der Waals surface area contributed by atoms with E-state index >= 15 is 0 Å². The summed E-state index contributed by atoms with van der Waals surface area (Å²) in [5, 5.41) is 2.89. The number of likely N-dealkylation sites (N-methyl/N-ethyl adjacent to an activating group) is 1. The van der Waals surface area contributed by atoms with Crippen molar-refractivity contribution in [3.8, 4) is 0 Å². The van der Waals surface area contributed by atoms with Crippen molar-refractivity contribution in [1.82, 2.24) is 10.2 Å².